The molecule has 33 heavy (non-hydrogen) atoms. The van der Waals surface area contributed by atoms with E-state index in [1.807, 2.05) is 13.0 Å². The van der Waals surface area contributed by atoms with Crippen molar-refractivity contribution in [2.75, 3.05) is 25.0 Å². The van der Waals surface area contributed by atoms with Crippen LogP contribution in [0.4, 0.5) is 14.5 Å². The maximum Gasteiger partial charge on any atom is 0.246 e. The average molecular weight is 480 g/mol. The minimum atomic E-state index is -4.20. The van der Waals surface area contributed by atoms with E-state index in [4.69, 9.17) is 0 Å². The zero-order valence-electron chi connectivity index (χ0n) is 18.6. The van der Waals surface area contributed by atoms with Crippen LogP contribution in [0.2, 0.25) is 0 Å². The zero-order valence-corrected chi connectivity index (χ0v) is 19.4. The molecule has 1 aliphatic rings. The number of amides is 2. The molecule has 3 rings (SSSR count). The molecule has 1 saturated heterocycles. The van der Waals surface area contributed by atoms with Gasteiger partial charge in [0.2, 0.25) is 21.8 Å². The summed E-state index contributed by atoms with van der Waals surface area (Å²) in [6.07, 6.45) is 0.519. The van der Waals surface area contributed by atoms with E-state index in [-0.39, 0.29) is 37.7 Å². The van der Waals surface area contributed by atoms with Crippen LogP contribution in [0.15, 0.2) is 47.4 Å². The maximum atomic E-state index is 14.0. The number of nitrogens with zero attached hydrogens (tertiary/aromatic N) is 2. The van der Waals surface area contributed by atoms with Gasteiger partial charge in [-0.3, -0.25) is 9.59 Å². The fraction of sp³-hybridized carbons (Fsp3) is 0.391. The highest BCUT2D eigenvalue weighted by Crippen LogP contribution is 2.27. The molecule has 1 N–H and O–H groups in total. The van der Waals surface area contributed by atoms with Crippen LogP contribution in [0.25, 0.3) is 0 Å². The van der Waals surface area contributed by atoms with Crippen molar-refractivity contribution in [3.05, 3.63) is 59.7 Å². The summed E-state index contributed by atoms with van der Waals surface area (Å²) in [5.74, 6) is -2.53. The van der Waals surface area contributed by atoms with E-state index in [9.17, 15) is 26.8 Å². The van der Waals surface area contributed by atoms with E-state index in [2.05, 4.69) is 5.32 Å². The summed E-state index contributed by atoms with van der Waals surface area (Å²) < 4.78 is 54.0. The third kappa shape index (κ3) is 5.94. The van der Waals surface area contributed by atoms with Gasteiger partial charge in [-0.25, -0.2) is 17.2 Å². The first kappa shape index (κ1) is 24.8. The lowest BCUT2D eigenvalue weighted by Crippen LogP contribution is -2.41. The highest BCUT2D eigenvalue weighted by molar-refractivity contribution is 7.89. The number of nitrogens with one attached hydrogen (secondary N) is 1. The van der Waals surface area contributed by atoms with Gasteiger partial charge in [-0.2, -0.15) is 4.31 Å². The normalized spacial score (nSPS) is 15.3. The van der Waals surface area contributed by atoms with E-state index in [1.165, 1.54) is 6.92 Å². The summed E-state index contributed by atoms with van der Waals surface area (Å²) in [7, 11) is -4.20. The topological polar surface area (TPSA) is 86.8 Å². The number of benzene rings is 2. The SMILES string of the molecule is CCN(Cc1cccc(NC(=O)C2CCN(S(=O)(=O)c3cc(F)ccc3F)CC2)c1)C(C)=O. The number of carbonyl (C=O) groups is 2. The predicted octanol–water partition coefficient (Wildman–Crippen LogP) is 3.37. The molecule has 1 heterocycles. The Morgan fingerprint density at radius 1 is 1.12 bits per heavy atom. The van der Waals surface area contributed by atoms with Crippen molar-refractivity contribution in [1.29, 1.82) is 0 Å². The number of carbonyl (C=O) groups excluding carboxylic acids is 2. The number of hydrogen-bond acceptors (Lipinski definition) is 4. The first-order chi connectivity index (χ1) is 15.6. The molecular weight excluding hydrogens is 452 g/mol. The van der Waals surface area contributed by atoms with Gasteiger partial charge in [-0.15, -0.1) is 0 Å². The van der Waals surface area contributed by atoms with Crippen molar-refractivity contribution in [3.63, 3.8) is 0 Å². The Bertz CT molecular complexity index is 1130. The van der Waals surface area contributed by atoms with Crippen molar-refractivity contribution in [1.82, 2.24) is 9.21 Å². The summed E-state index contributed by atoms with van der Waals surface area (Å²) in [6, 6.07) is 9.53. The summed E-state index contributed by atoms with van der Waals surface area (Å²) in [5.41, 5.74) is 1.47. The average Bonchev–Trinajstić information content (AvgIpc) is 2.79. The van der Waals surface area contributed by atoms with Gasteiger partial charge in [-0.05, 0) is 55.7 Å². The van der Waals surface area contributed by atoms with E-state index >= 15 is 0 Å². The van der Waals surface area contributed by atoms with Gasteiger partial charge >= 0.3 is 0 Å². The van der Waals surface area contributed by atoms with Crippen molar-refractivity contribution >= 4 is 27.5 Å². The van der Waals surface area contributed by atoms with Crippen LogP contribution in [0, 0.1) is 17.6 Å². The Labute approximate surface area is 192 Å². The first-order valence-electron chi connectivity index (χ1n) is 10.7. The molecule has 2 amide bonds. The zero-order chi connectivity index (χ0) is 24.2. The Hall–Kier alpha value is -2.85. The van der Waals surface area contributed by atoms with E-state index in [1.54, 1.807) is 23.1 Å². The van der Waals surface area contributed by atoms with Crippen LogP contribution in [-0.2, 0) is 26.2 Å². The molecule has 0 spiro atoms. The Balaban J connectivity index is 1.61. The molecule has 0 radical (unpaired) electrons. The molecular formula is C23H27F2N3O4S. The first-order valence-corrected chi connectivity index (χ1v) is 12.2. The number of sulfonamides is 1. The number of piperidine rings is 1. The molecule has 0 aliphatic carbocycles. The quantitative estimate of drug-likeness (QED) is 0.660. The standard InChI is InChI=1S/C23H27F2N3O4S/c1-3-27(16(2)29)15-17-5-4-6-20(13-17)26-23(30)18-9-11-28(12-10-18)33(31,32)22-14-19(24)7-8-21(22)25/h4-8,13-14,18H,3,9-12,15H2,1-2H3,(H,26,30). The van der Waals surface area contributed by atoms with Crippen LogP contribution in [0.1, 0.15) is 32.3 Å². The van der Waals surface area contributed by atoms with Crippen LogP contribution >= 0.6 is 0 Å². The van der Waals surface area contributed by atoms with Gasteiger partial charge in [0.25, 0.3) is 0 Å². The third-order valence-corrected chi connectivity index (χ3v) is 7.64. The highest BCUT2D eigenvalue weighted by Gasteiger charge is 2.33. The van der Waals surface area contributed by atoms with Gasteiger partial charge < -0.3 is 10.2 Å². The van der Waals surface area contributed by atoms with Crippen LogP contribution in [0.3, 0.4) is 0 Å². The molecule has 7 nitrogen and oxygen atoms in total. The van der Waals surface area contributed by atoms with Gasteiger partial charge in [-0.1, -0.05) is 12.1 Å². The minimum absolute atomic E-state index is 0.0283. The lowest BCUT2D eigenvalue weighted by molar-refractivity contribution is -0.129. The fourth-order valence-corrected chi connectivity index (χ4v) is 5.38. The number of anilines is 1. The van der Waals surface area contributed by atoms with E-state index in [0.717, 1.165) is 22.0 Å². The lowest BCUT2D eigenvalue weighted by atomic mass is 9.97. The van der Waals surface area contributed by atoms with Gasteiger partial charge in [0.1, 0.15) is 16.5 Å². The Kier molecular flexibility index (Phi) is 7.80. The Morgan fingerprint density at radius 2 is 1.82 bits per heavy atom. The van der Waals surface area contributed by atoms with E-state index in [0.29, 0.717) is 24.8 Å². The second-order valence-electron chi connectivity index (χ2n) is 7.98. The smallest absolute Gasteiger partial charge is 0.246 e. The fourth-order valence-electron chi connectivity index (χ4n) is 3.83. The van der Waals surface area contributed by atoms with Crippen molar-refractivity contribution in [3.8, 4) is 0 Å². The second kappa shape index (κ2) is 10.4. The molecule has 0 atom stereocenters. The minimum Gasteiger partial charge on any atom is -0.339 e. The van der Waals surface area contributed by atoms with Crippen LogP contribution < -0.4 is 5.32 Å². The molecule has 0 saturated carbocycles. The van der Waals surface area contributed by atoms with Crippen molar-refractivity contribution in [2.45, 2.75) is 38.1 Å². The van der Waals surface area contributed by atoms with Crippen molar-refractivity contribution in [2.24, 2.45) is 5.92 Å². The molecule has 0 unspecified atom stereocenters. The Morgan fingerprint density at radius 3 is 2.45 bits per heavy atom. The lowest BCUT2D eigenvalue weighted by Gasteiger charge is -2.30. The summed E-state index contributed by atoms with van der Waals surface area (Å²) in [6.45, 7) is 4.46. The number of hydrogen-bond donors (Lipinski definition) is 1. The number of rotatable bonds is 7. The molecule has 1 fully saturated rings. The maximum absolute atomic E-state index is 14.0. The van der Waals surface area contributed by atoms with Crippen molar-refractivity contribution < 1.29 is 26.8 Å². The van der Waals surface area contributed by atoms with Gasteiger partial charge in [0.15, 0.2) is 0 Å². The largest absolute Gasteiger partial charge is 0.339 e. The molecule has 1 aliphatic heterocycles. The molecule has 2 aromatic rings. The summed E-state index contributed by atoms with van der Waals surface area (Å²) in [4.78, 5) is 25.4. The van der Waals surface area contributed by atoms with Gasteiger partial charge in [0, 0.05) is 44.7 Å². The molecule has 2 aromatic carbocycles. The summed E-state index contributed by atoms with van der Waals surface area (Å²) >= 11 is 0. The van der Waals surface area contributed by atoms with Gasteiger partial charge in [0.05, 0.1) is 0 Å². The molecule has 10 heteroatoms. The predicted molar refractivity (Wildman–Crippen MR) is 120 cm³/mol. The monoisotopic (exact) mass is 479 g/mol. The number of halogens is 2. The van der Waals surface area contributed by atoms with Crippen LogP contribution in [0.5, 0.6) is 0 Å². The summed E-state index contributed by atoms with van der Waals surface area (Å²) in [5, 5.41) is 2.85. The highest BCUT2D eigenvalue weighted by atomic mass is 32.2. The second-order valence-corrected chi connectivity index (χ2v) is 9.88. The molecule has 0 aromatic heterocycles. The molecule has 0 bridgehead atoms. The molecule has 178 valence electrons. The third-order valence-electron chi connectivity index (χ3n) is 5.73. The van der Waals surface area contributed by atoms with Crippen LogP contribution in [-0.4, -0.2) is 49.1 Å². The van der Waals surface area contributed by atoms with E-state index < -0.39 is 32.5 Å².